The lowest BCUT2D eigenvalue weighted by molar-refractivity contribution is 0.0955. The highest BCUT2D eigenvalue weighted by Crippen LogP contribution is 2.16. The van der Waals surface area contributed by atoms with Crippen LogP contribution < -0.4 is 16.0 Å². The summed E-state index contributed by atoms with van der Waals surface area (Å²) < 4.78 is 0. The van der Waals surface area contributed by atoms with E-state index in [1.54, 1.807) is 18.2 Å². The third-order valence-corrected chi connectivity index (χ3v) is 2.74. The van der Waals surface area contributed by atoms with Gasteiger partial charge in [0, 0.05) is 24.3 Å². The van der Waals surface area contributed by atoms with E-state index in [-0.39, 0.29) is 11.9 Å². The van der Waals surface area contributed by atoms with E-state index in [1.165, 1.54) is 0 Å². The third-order valence-electron chi connectivity index (χ3n) is 2.74. The fraction of sp³-hybridized carbons (Fsp3) is 0.467. The summed E-state index contributed by atoms with van der Waals surface area (Å²) in [5.74, 6) is 0.299. The second kappa shape index (κ2) is 7.53. The predicted octanol–water partition coefficient (Wildman–Crippen LogP) is 2.52. The van der Waals surface area contributed by atoms with Gasteiger partial charge in [0.1, 0.15) is 0 Å². The summed E-state index contributed by atoms with van der Waals surface area (Å²) in [6.45, 7) is 9.03. The maximum atomic E-state index is 11.7. The molecular formula is C15H23N3O2. The Morgan fingerprint density at radius 3 is 2.45 bits per heavy atom. The highest BCUT2D eigenvalue weighted by atomic mass is 16.2. The Morgan fingerprint density at radius 2 is 1.90 bits per heavy atom. The molecule has 0 radical (unpaired) electrons. The SMILES string of the molecule is CCNC(=O)c1ccc(NC(=O)NCC(C)C)c(C)c1. The smallest absolute Gasteiger partial charge is 0.319 e. The Balaban J connectivity index is 2.68. The molecule has 0 bridgehead atoms. The van der Waals surface area contributed by atoms with E-state index in [9.17, 15) is 9.59 Å². The van der Waals surface area contributed by atoms with Crippen LogP contribution >= 0.6 is 0 Å². The van der Waals surface area contributed by atoms with Gasteiger partial charge in [-0.05, 0) is 43.5 Å². The van der Waals surface area contributed by atoms with E-state index in [1.807, 2.05) is 27.7 Å². The Bertz CT molecular complexity index is 484. The van der Waals surface area contributed by atoms with Crippen molar-refractivity contribution in [2.75, 3.05) is 18.4 Å². The van der Waals surface area contributed by atoms with E-state index in [4.69, 9.17) is 0 Å². The number of urea groups is 1. The molecule has 0 aromatic heterocycles. The lowest BCUT2D eigenvalue weighted by Gasteiger charge is -2.12. The Hall–Kier alpha value is -2.04. The summed E-state index contributed by atoms with van der Waals surface area (Å²) in [7, 11) is 0. The van der Waals surface area contributed by atoms with Gasteiger partial charge in [-0.25, -0.2) is 4.79 Å². The summed E-state index contributed by atoms with van der Waals surface area (Å²) in [5, 5.41) is 8.31. The molecule has 0 heterocycles. The monoisotopic (exact) mass is 277 g/mol. The summed E-state index contributed by atoms with van der Waals surface area (Å²) in [5.41, 5.74) is 2.16. The van der Waals surface area contributed by atoms with Crippen molar-refractivity contribution in [2.24, 2.45) is 5.92 Å². The van der Waals surface area contributed by atoms with Gasteiger partial charge in [0.15, 0.2) is 0 Å². The zero-order valence-electron chi connectivity index (χ0n) is 12.5. The summed E-state index contributed by atoms with van der Waals surface area (Å²) in [6.07, 6.45) is 0. The van der Waals surface area contributed by atoms with E-state index in [2.05, 4.69) is 16.0 Å². The van der Waals surface area contributed by atoms with Crippen LogP contribution in [0.3, 0.4) is 0 Å². The van der Waals surface area contributed by atoms with Crippen LogP contribution in [0, 0.1) is 12.8 Å². The Kier molecular flexibility index (Phi) is 6.03. The number of hydrogen-bond donors (Lipinski definition) is 3. The van der Waals surface area contributed by atoms with E-state index >= 15 is 0 Å². The number of amides is 3. The minimum Gasteiger partial charge on any atom is -0.352 e. The number of rotatable bonds is 5. The minimum absolute atomic E-state index is 0.105. The highest BCUT2D eigenvalue weighted by Gasteiger charge is 2.09. The molecule has 0 unspecified atom stereocenters. The quantitative estimate of drug-likeness (QED) is 0.774. The van der Waals surface area contributed by atoms with Gasteiger partial charge in [-0.1, -0.05) is 13.8 Å². The first-order valence-electron chi connectivity index (χ1n) is 6.87. The van der Waals surface area contributed by atoms with Gasteiger partial charge in [-0.15, -0.1) is 0 Å². The van der Waals surface area contributed by atoms with E-state index < -0.39 is 0 Å². The molecule has 110 valence electrons. The molecule has 0 aliphatic carbocycles. The molecule has 1 aromatic rings. The van der Waals surface area contributed by atoms with Crippen LogP contribution in [0.25, 0.3) is 0 Å². The normalized spacial score (nSPS) is 10.2. The molecule has 0 atom stereocenters. The summed E-state index contributed by atoms with van der Waals surface area (Å²) in [6, 6.07) is 4.99. The molecule has 5 heteroatoms. The predicted molar refractivity (Wildman–Crippen MR) is 81.0 cm³/mol. The summed E-state index contributed by atoms with van der Waals surface area (Å²) >= 11 is 0. The number of carbonyl (C=O) groups is 2. The van der Waals surface area contributed by atoms with Crippen molar-refractivity contribution in [2.45, 2.75) is 27.7 Å². The van der Waals surface area contributed by atoms with Crippen molar-refractivity contribution >= 4 is 17.6 Å². The molecular weight excluding hydrogens is 254 g/mol. The maximum absolute atomic E-state index is 11.7. The van der Waals surface area contributed by atoms with Crippen molar-refractivity contribution < 1.29 is 9.59 Å². The zero-order chi connectivity index (χ0) is 15.1. The van der Waals surface area contributed by atoms with Crippen LogP contribution in [0.1, 0.15) is 36.7 Å². The van der Waals surface area contributed by atoms with Gasteiger partial charge in [0.2, 0.25) is 0 Å². The van der Waals surface area contributed by atoms with Gasteiger partial charge < -0.3 is 16.0 Å². The lowest BCUT2D eigenvalue weighted by Crippen LogP contribution is -2.32. The van der Waals surface area contributed by atoms with Crippen molar-refractivity contribution in [3.63, 3.8) is 0 Å². The lowest BCUT2D eigenvalue weighted by atomic mass is 10.1. The van der Waals surface area contributed by atoms with Crippen LogP contribution in [-0.2, 0) is 0 Å². The first-order chi connectivity index (χ1) is 9.43. The fourth-order valence-corrected chi connectivity index (χ4v) is 1.67. The minimum atomic E-state index is -0.229. The zero-order valence-corrected chi connectivity index (χ0v) is 12.5. The average Bonchev–Trinajstić information content (AvgIpc) is 2.39. The third kappa shape index (κ3) is 4.91. The van der Waals surface area contributed by atoms with E-state index in [0.29, 0.717) is 30.3 Å². The number of nitrogens with one attached hydrogen (secondary N) is 3. The topological polar surface area (TPSA) is 70.2 Å². The molecule has 0 aliphatic rings. The maximum Gasteiger partial charge on any atom is 0.319 e. The van der Waals surface area contributed by atoms with Gasteiger partial charge in [-0.3, -0.25) is 4.79 Å². The number of benzene rings is 1. The second-order valence-corrected chi connectivity index (χ2v) is 5.12. The van der Waals surface area contributed by atoms with Gasteiger partial charge in [-0.2, -0.15) is 0 Å². The summed E-state index contributed by atoms with van der Waals surface area (Å²) in [4.78, 5) is 23.4. The number of anilines is 1. The van der Waals surface area contributed by atoms with Crippen molar-refractivity contribution in [1.29, 1.82) is 0 Å². The van der Waals surface area contributed by atoms with Crippen LogP contribution in [0.15, 0.2) is 18.2 Å². The van der Waals surface area contributed by atoms with Crippen LogP contribution in [-0.4, -0.2) is 25.0 Å². The molecule has 0 saturated carbocycles. The molecule has 0 fully saturated rings. The standard InChI is InChI=1S/C15H23N3O2/c1-5-16-14(19)12-6-7-13(11(4)8-12)18-15(20)17-9-10(2)3/h6-8,10H,5,9H2,1-4H3,(H,16,19)(H2,17,18,20). The number of hydrogen-bond acceptors (Lipinski definition) is 2. The molecule has 3 amide bonds. The van der Waals surface area contributed by atoms with Crippen molar-refractivity contribution in [3.05, 3.63) is 29.3 Å². The molecule has 0 aliphatic heterocycles. The second-order valence-electron chi connectivity index (χ2n) is 5.12. The van der Waals surface area contributed by atoms with Gasteiger partial charge >= 0.3 is 6.03 Å². The number of carbonyl (C=O) groups excluding carboxylic acids is 2. The average molecular weight is 277 g/mol. The van der Waals surface area contributed by atoms with Gasteiger partial charge in [0.25, 0.3) is 5.91 Å². The molecule has 1 rings (SSSR count). The number of aryl methyl sites for hydroxylation is 1. The Labute approximate surface area is 120 Å². The highest BCUT2D eigenvalue weighted by molar-refractivity contribution is 5.96. The van der Waals surface area contributed by atoms with Gasteiger partial charge in [0.05, 0.1) is 0 Å². The van der Waals surface area contributed by atoms with E-state index in [0.717, 1.165) is 5.56 Å². The first kappa shape index (κ1) is 16.0. The molecule has 0 spiro atoms. The van der Waals surface area contributed by atoms with Crippen molar-refractivity contribution in [1.82, 2.24) is 10.6 Å². The first-order valence-corrected chi connectivity index (χ1v) is 6.87. The van der Waals surface area contributed by atoms with Crippen LogP contribution in [0.4, 0.5) is 10.5 Å². The van der Waals surface area contributed by atoms with Crippen molar-refractivity contribution in [3.8, 4) is 0 Å². The molecule has 5 nitrogen and oxygen atoms in total. The largest absolute Gasteiger partial charge is 0.352 e. The Morgan fingerprint density at radius 1 is 1.20 bits per heavy atom. The van der Waals surface area contributed by atoms with Crippen LogP contribution in [0.2, 0.25) is 0 Å². The molecule has 3 N–H and O–H groups in total. The molecule has 0 saturated heterocycles. The fourth-order valence-electron chi connectivity index (χ4n) is 1.67. The molecule has 1 aromatic carbocycles. The molecule has 20 heavy (non-hydrogen) atoms. The van der Waals surface area contributed by atoms with Crippen LogP contribution in [0.5, 0.6) is 0 Å².